The van der Waals surface area contributed by atoms with Crippen molar-refractivity contribution >= 4 is 23.2 Å². The molecule has 3 aliphatic heterocycles. The number of pyridine rings is 1. The van der Waals surface area contributed by atoms with Gasteiger partial charge in [-0.25, -0.2) is 18.7 Å². The fraction of sp³-hybridized carbons (Fsp3) is 0.500. The molecule has 2 atom stereocenters. The maximum Gasteiger partial charge on any atom is 0.301 e. The van der Waals surface area contributed by atoms with Crippen molar-refractivity contribution in [2.24, 2.45) is 0 Å². The number of alkyl halides is 2. The highest BCUT2D eigenvalue weighted by atomic mass is 19.3. The Bertz CT molecular complexity index is 1650. The predicted octanol–water partition coefficient (Wildman–Crippen LogP) is 3.71. The minimum absolute atomic E-state index is 0.000523. The number of piperazine rings is 1. The number of benzene rings is 1. The van der Waals surface area contributed by atoms with Crippen molar-refractivity contribution in [1.82, 2.24) is 24.8 Å². The van der Waals surface area contributed by atoms with Crippen LogP contribution in [0.2, 0.25) is 0 Å². The van der Waals surface area contributed by atoms with Gasteiger partial charge in [-0.15, -0.1) is 0 Å². The van der Waals surface area contributed by atoms with Crippen molar-refractivity contribution in [2.45, 2.75) is 51.3 Å². The van der Waals surface area contributed by atoms with Gasteiger partial charge in [0.1, 0.15) is 42.1 Å². The highest BCUT2D eigenvalue weighted by Gasteiger charge is 2.47. The Morgan fingerprint density at radius 1 is 1.14 bits per heavy atom. The molecule has 1 aromatic carbocycles. The van der Waals surface area contributed by atoms with Crippen LogP contribution in [0.4, 0.5) is 26.1 Å². The van der Waals surface area contributed by atoms with E-state index >= 15 is 0 Å². The lowest BCUT2D eigenvalue weighted by Crippen LogP contribution is -2.59. The standard InChI is InChI=1S/C32H36F2N8O5.C2H6/c1-20-14-40(23-16-46-17-23)9-10-42(20)25-4-6-28(39-31(25)45-2)38-29-12-24(36-19-37-29)21-3-5-26(22(11-21)13-35)47-27-7-8-41(30(44)15-43)18-32(27,33)34;1-2/h3-6,11-12,19-20,23,27,43H,7-10,14-18H2,1-2H3,(H,36,37,38,39);1-2H3/t20-,27?;/m1./s1. The quantitative estimate of drug-likeness (QED) is 0.339. The van der Waals surface area contributed by atoms with E-state index in [4.69, 9.17) is 19.3 Å². The first-order chi connectivity index (χ1) is 23.7. The van der Waals surface area contributed by atoms with Crippen LogP contribution < -0.4 is 19.7 Å². The number of piperidine rings is 1. The highest BCUT2D eigenvalue weighted by molar-refractivity contribution is 5.77. The minimum atomic E-state index is -3.37. The van der Waals surface area contributed by atoms with Crippen LogP contribution in [-0.4, -0.2) is 120 Å². The van der Waals surface area contributed by atoms with Crippen molar-refractivity contribution in [1.29, 1.82) is 5.26 Å². The minimum Gasteiger partial charge on any atom is -0.483 e. The first-order valence-electron chi connectivity index (χ1n) is 16.4. The average molecular weight is 681 g/mol. The van der Waals surface area contributed by atoms with Crippen molar-refractivity contribution in [3.8, 4) is 29.0 Å². The predicted molar refractivity (Wildman–Crippen MR) is 178 cm³/mol. The third kappa shape index (κ3) is 7.98. The van der Waals surface area contributed by atoms with Gasteiger partial charge in [0.2, 0.25) is 11.8 Å². The van der Waals surface area contributed by atoms with E-state index in [1.54, 1.807) is 19.2 Å². The smallest absolute Gasteiger partial charge is 0.301 e. The average Bonchev–Trinajstić information content (AvgIpc) is 3.09. The van der Waals surface area contributed by atoms with Gasteiger partial charge >= 0.3 is 5.92 Å². The van der Waals surface area contributed by atoms with Crippen LogP contribution in [0.5, 0.6) is 11.6 Å². The Morgan fingerprint density at radius 3 is 2.59 bits per heavy atom. The lowest BCUT2D eigenvalue weighted by atomic mass is 10.0. The molecule has 0 bridgehead atoms. The molecule has 3 aromatic rings. The molecule has 15 heteroatoms. The van der Waals surface area contributed by atoms with Gasteiger partial charge in [0, 0.05) is 50.3 Å². The summed E-state index contributed by atoms with van der Waals surface area (Å²) in [5, 5.41) is 22.0. The van der Waals surface area contributed by atoms with Crippen LogP contribution >= 0.6 is 0 Å². The van der Waals surface area contributed by atoms with Crippen LogP contribution in [0.15, 0.2) is 42.7 Å². The SMILES string of the molecule is CC.COc1nc(Nc2cc(-c3ccc(OC4CCN(C(=O)CO)CC4(F)F)c(C#N)c3)ncn2)ccc1N1CCN(C2COC2)C[C@H]1C. The van der Waals surface area contributed by atoms with Crippen LogP contribution in [0.1, 0.15) is 32.8 Å². The summed E-state index contributed by atoms with van der Waals surface area (Å²) in [5.74, 6) is -2.68. The lowest BCUT2D eigenvalue weighted by molar-refractivity contribution is -0.161. The number of nitriles is 1. The molecule has 1 unspecified atom stereocenters. The van der Waals surface area contributed by atoms with Gasteiger partial charge in [-0.2, -0.15) is 10.2 Å². The largest absolute Gasteiger partial charge is 0.483 e. The van der Waals surface area contributed by atoms with Gasteiger partial charge < -0.3 is 34.4 Å². The topological polar surface area (TPSA) is 149 Å². The first-order valence-corrected chi connectivity index (χ1v) is 16.4. The summed E-state index contributed by atoms with van der Waals surface area (Å²) in [6.45, 7) is 8.79. The van der Waals surface area contributed by atoms with Crippen LogP contribution in [0, 0.1) is 11.3 Å². The molecule has 3 fully saturated rings. The molecular formula is C34H42F2N8O5. The summed E-state index contributed by atoms with van der Waals surface area (Å²) >= 11 is 0. The second kappa shape index (κ2) is 15.7. The van der Waals surface area contributed by atoms with Gasteiger partial charge in [-0.05, 0) is 37.3 Å². The zero-order valence-corrected chi connectivity index (χ0v) is 28.1. The van der Waals surface area contributed by atoms with E-state index in [-0.39, 0.29) is 30.3 Å². The Balaban J connectivity index is 0.00000230. The van der Waals surface area contributed by atoms with Crippen LogP contribution in [0.3, 0.4) is 0 Å². The number of nitrogens with zero attached hydrogens (tertiary/aromatic N) is 7. The number of methoxy groups -OCH3 is 1. The maximum absolute atomic E-state index is 14.8. The summed E-state index contributed by atoms with van der Waals surface area (Å²) < 4.78 is 46.3. The van der Waals surface area contributed by atoms with E-state index in [9.17, 15) is 18.8 Å². The lowest BCUT2D eigenvalue weighted by Gasteiger charge is -2.46. The number of amides is 1. The number of ether oxygens (including phenoxy) is 3. The third-order valence-electron chi connectivity index (χ3n) is 8.75. The summed E-state index contributed by atoms with van der Waals surface area (Å²) in [4.78, 5) is 30.7. The molecule has 2 aromatic heterocycles. The number of aromatic nitrogens is 3. The normalized spacial score (nSPS) is 20.7. The number of rotatable bonds is 9. The fourth-order valence-corrected chi connectivity index (χ4v) is 6.11. The van der Waals surface area contributed by atoms with E-state index in [0.717, 1.165) is 43.4 Å². The summed E-state index contributed by atoms with van der Waals surface area (Å²) in [5.41, 5.74) is 2.00. The van der Waals surface area contributed by atoms with E-state index in [1.165, 1.54) is 18.5 Å². The van der Waals surface area contributed by atoms with Crippen LogP contribution in [-0.2, 0) is 9.53 Å². The second-order valence-corrected chi connectivity index (χ2v) is 11.8. The van der Waals surface area contributed by atoms with Gasteiger partial charge in [0.25, 0.3) is 0 Å². The monoisotopic (exact) mass is 680 g/mol. The number of nitrogens with one attached hydrogen (secondary N) is 1. The van der Waals surface area contributed by atoms with E-state index in [0.29, 0.717) is 34.8 Å². The van der Waals surface area contributed by atoms with Crippen LogP contribution in [0.25, 0.3) is 11.3 Å². The van der Waals surface area contributed by atoms with Gasteiger partial charge in [-0.3, -0.25) is 9.69 Å². The molecule has 1 amide bonds. The number of aliphatic hydroxyl groups is 1. The van der Waals surface area contributed by atoms with Crippen molar-refractivity contribution in [3.05, 3.63) is 48.3 Å². The Labute approximate surface area is 284 Å². The molecule has 3 saturated heterocycles. The Kier molecular flexibility index (Phi) is 11.4. The van der Waals surface area contributed by atoms with Gasteiger partial charge in [0.05, 0.1) is 44.2 Å². The number of halogens is 2. The molecule has 262 valence electrons. The zero-order chi connectivity index (χ0) is 35.1. The molecular weight excluding hydrogens is 638 g/mol. The zero-order valence-electron chi connectivity index (χ0n) is 28.1. The number of aliphatic hydroxyl groups excluding tert-OH is 1. The molecule has 6 rings (SSSR count). The highest BCUT2D eigenvalue weighted by Crippen LogP contribution is 2.35. The summed E-state index contributed by atoms with van der Waals surface area (Å²) in [6, 6.07) is 12.9. The third-order valence-corrected chi connectivity index (χ3v) is 8.75. The Morgan fingerprint density at radius 2 is 1.94 bits per heavy atom. The maximum atomic E-state index is 14.8. The van der Waals surface area contributed by atoms with Crippen molar-refractivity contribution < 1.29 is 32.9 Å². The molecule has 2 N–H and O–H groups in total. The molecule has 5 heterocycles. The van der Waals surface area contributed by atoms with E-state index < -0.39 is 31.1 Å². The second-order valence-electron chi connectivity index (χ2n) is 11.8. The summed E-state index contributed by atoms with van der Waals surface area (Å²) in [6.07, 6.45) is -0.321. The molecule has 3 aliphatic rings. The number of hydrogen-bond donors (Lipinski definition) is 2. The number of carbonyl (C=O) groups excluding carboxylic acids is 1. The first kappa shape index (κ1) is 35.7. The molecule has 0 saturated carbocycles. The Hall–Kier alpha value is -4.65. The number of likely N-dealkylation sites (tertiary alicyclic amines) is 1. The van der Waals surface area contributed by atoms with E-state index in [1.807, 2.05) is 32.0 Å². The molecule has 0 spiro atoms. The number of anilines is 3. The van der Waals surface area contributed by atoms with Crippen molar-refractivity contribution in [3.63, 3.8) is 0 Å². The number of carbonyl (C=O) groups is 1. The molecule has 49 heavy (non-hydrogen) atoms. The molecule has 0 aliphatic carbocycles. The van der Waals surface area contributed by atoms with Gasteiger partial charge in [-0.1, -0.05) is 13.8 Å². The molecule has 13 nitrogen and oxygen atoms in total. The molecule has 0 radical (unpaired) electrons. The van der Waals surface area contributed by atoms with Crippen molar-refractivity contribution in [2.75, 3.05) is 69.9 Å². The van der Waals surface area contributed by atoms with Gasteiger partial charge in [0.15, 0.2) is 6.10 Å². The summed E-state index contributed by atoms with van der Waals surface area (Å²) in [7, 11) is 1.59. The fourth-order valence-electron chi connectivity index (χ4n) is 6.11. The number of hydrogen-bond acceptors (Lipinski definition) is 12. The van der Waals surface area contributed by atoms with E-state index in [2.05, 4.69) is 37.0 Å².